The van der Waals surface area contributed by atoms with Crippen LogP contribution in [0.2, 0.25) is 5.02 Å². The van der Waals surface area contributed by atoms with Gasteiger partial charge in [-0.15, -0.1) is 0 Å². The summed E-state index contributed by atoms with van der Waals surface area (Å²) < 4.78 is 5.33. The van der Waals surface area contributed by atoms with E-state index in [1.54, 1.807) is 14.2 Å². The largest absolute Gasteiger partial charge is 0.496 e. The number of carbonyl (C=O) groups excluding carboxylic acids is 1. The second-order valence-corrected chi connectivity index (χ2v) is 5.66. The molecule has 0 aliphatic rings. The van der Waals surface area contributed by atoms with E-state index in [1.165, 1.54) is 23.1 Å². The molecule has 2 aromatic rings. The van der Waals surface area contributed by atoms with Crippen LogP contribution < -0.4 is 4.74 Å². The Balaban J connectivity index is 2.30. The van der Waals surface area contributed by atoms with Gasteiger partial charge in [-0.2, -0.15) is 0 Å². The van der Waals surface area contributed by atoms with Crippen molar-refractivity contribution in [3.05, 3.63) is 68.7 Å². The van der Waals surface area contributed by atoms with Gasteiger partial charge in [0.05, 0.1) is 28.7 Å². The van der Waals surface area contributed by atoms with Crippen molar-refractivity contribution < 1.29 is 14.5 Å². The highest BCUT2D eigenvalue weighted by Gasteiger charge is 2.24. The number of halogens is 1. The molecule has 0 N–H and O–H groups in total. The van der Waals surface area contributed by atoms with Gasteiger partial charge < -0.3 is 9.64 Å². The van der Waals surface area contributed by atoms with E-state index in [4.69, 9.17) is 16.3 Å². The van der Waals surface area contributed by atoms with E-state index in [0.717, 1.165) is 5.56 Å². The van der Waals surface area contributed by atoms with Crippen LogP contribution in [-0.2, 0) is 0 Å². The summed E-state index contributed by atoms with van der Waals surface area (Å²) in [5.74, 6) is 0.354. The van der Waals surface area contributed by atoms with Crippen LogP contribution in [0.25, 0.3) is 0 Å². The second kappa shape index (κ2) is 7.31. The predicted octanol–water partition coefficient (Wildman–Crippen LogP) is 4.09. The topological polar surface area (TPSA) is 72.7 Å². The molecule has 1 amide bonds. The van der Waals surface area contributed by atoms with Gasteiger partial charge in [0.25, 0.3) is 11.6 Å². The number of non-ortho nitro benzene ring substituents is 1. The first kappa shape index (κ1) is 17.7. The van der Waals surface area contributed by atoms with E-state index in [1.807, 2.05) is 31.2 Å². The molecule has 0 radical (unpaired) electrons. The van der Waals surface area contributed by atoms with E-state index in [-0.39, 0.29) is 28.2 Å². The fraction of sp³-hybridized carbons (Fsp3) is 0.235. The van der Waals surface area contributed by atoms with Gasteiger partial charge in [-0.1, -0.05) is 29.8 Å². The first-order chi connectivity index (χ1) is 11.4. The van der Waals surface area contributed by atoms with Crippen molar-refractivity contribution in [2.75, 3.05) is 14.2 Å². The Labute approximate surface area is 144 Å². The lowest BCUT2D eigenvalue weighted by molar-refractivity contribution is -0.384. The molecule has 0 aliphatic carbocycles. The minimum Gasteiger partial charge on any atom is -0.496 e. The fourth-order valence-electron chi connectivity index (χ4n) is 2.38. The van der Waals surface area contributed by atoms with Gasteiger partial charge in [-0.3, -0.25) is 14.9 Å². The zero-order valence-electron chi connectivity index (χ0n) is 13.5. The molecule has 126 valence electrons. The summed E-state index contributed by atoms with van der Waals surface area (Å²) in [7, 11) is 3.22. The summed E-state index contributed by atoms with van der Waals surface area (Å²) in [5, 5.41) is 10.8. The molecule has 6 nitrogen and oxygen atoms in total. The van der Waals surface area contributed by atoms with E-state index in [0.29, 0.717) is 5.75 Å². The SMILES string of the molecule is COc1ccccc1[C@@H](C)N(C)C(=O)c1ccc([N+](=O)[O-])cc1Cl. The molecule has 0 heterocycles. The van der Waals surface area contributed by atoms with Gasteiger partial charge in [0.2, 0.25) is 0 Å². The molecule has 24 heavy (non-hydrogen) atoms. The van der Waals surface area contributed by atoms with Crippen LogP contribution in [0, 0.1) is 10.1 Å². The third-order valence-electron chi connectivity index (χ3n) is 3.88. The number of hydrogen-bond donors (Lipinski definition) is 0. The molecule has 0 aliphatic heterocycles. The van der Waals surface area contributed by atoms with Gasteiger partial charge in [0.1, 0.15) is 5.75 Å². The van der Waals surface area contributed by atoms with Crippen LogP contribution in [0.1, 0.15) is 28.9 Å². The van der Waals surface area contributed by atoms with Gasteiger partial charge >= 0.3 is 0 Å². The lowest BCUT2D eigenvalue weighted by Gasteiger charge is -2.27. The third kappa shape index (κ3) is 3.49. The number of para-hydroxylation sites is 1. The summed E-state index contributed by atoms with van der Waals surface area (Å²) in [4.78, 5) is 24.4. The average molecular weight is 349 g/mol. The number of carbonyl (C=O) groups is 1. The highest BCUT2D eigenvalue weighted by atomic mass is 35.5. The number of methoxy groups -OCH3 is 1. The molecule has 0 bridgehead atoms. The maximum atomic E-state index is 12.7. The molecule has 0 spiro atoms. The van der Waals surface area contributed by atoms with Gasteiger partial charge in [0.15, 0.2) is 0 Å². The number of hydrogen-bond acceptors (Lipinski definition) is 4. The predicted molar refractivity (Wildman–Crippen MR) is 91.6 cm³/mol. The lowest BCUT2D eigenvalue weighted by Crippen LogP contribution is -2.30. The molecule has 2 aromatic carbocycles. The number of rotatable bonds is 5. The zero-order chi connectivity index (χ0) is 17.9. The minimum absolute atomic E-state index is 0.0493. The van der Waals surface area contributed by atoms with Gasteiger partial charge in [-0.05, 0) is 19.1 Å². The fourth-order valence-corrected chi connectivity index (χ4v) is 2.63. The highest BCUT2D eigenvalue weighted by Crippen LogP contribution is 2.30. The van der Waals surface area contributed by atoms with Crippen LogP contribution in [0.5, 0.6) is 5.75 Å². The van der Waals surface area contributed by atoms with Crippen molar-refractivity contribution >= 4 is 23.2 Å². The molecular formula is C17H17ClN2O4. The number of nitro benzene ring substituents is 1. The Kier molecular flexibility index (Phi) is 5.41. The highest BCUT2D eigenvalue weighted by molar-refractivity contribution is 6.34. The van der Waals surface area contributed by atoms with Gasteiger partial charge in [0, 0.05) is 24.7 Å². The quantitative estimate of drug-likeness (QED) is 0.602. The molecule has 0 saturated carbocycles. The number of nitrogens with zero attached hydrogens (tertiary/aromatic N) is 2. The molecule has 0 aromatic heterocycles. The van der Waals surface area contributed by atoms with E-state index in [9.17, 15) is 14.9 Å². The normalized spacial score (nSPS) is 11.7. The summed E-state index contributed by atoms with van der Waals surface area (Å²) in [6.07, 6.45) is 0. The summed E-state index contributed by atoms with van der Waals surface area (Å²) in [5.41, 5.74) is 0.914. The average Bonchev–Trinajstić information content (AvgIpc) is 2.59. The first-order valence-electron chi connectivity index (χ1n) is 7.20. The molecule has 0 fully saturated rings. The minimum atomic E-state index is -0.554. The molecule has 2 rings (SSSR count). The maximum Gasteiger partial charge on any atom is 0.270 e. The van der Waals surface area contributed by atoms with E-state index < -0.39 is 4.92 Å². The van der Waals surface area contributed by atoms with Crippen molar-refractivity contribution in [2.45, 2.75) is 13.0 Å². The van der Waals surface area contributed by atoms with Crippen LogP contribution in [0.3, 0.4) is 0 Å². The van der Waals surface area contributed by atoms with Crippen LogP contribution in [0.4, 0.5) is 5.69 Å². The molecular weight excluding hydrogens is 332 g/mol. The zero-order valence-corrected chi connectivity index (χ0v) is 14.3. The molecule has 0 unspecified atom stereocenters. The Morgan fingerprint density at radius 1 is 1.29 bits per heavy atom. The van der Waals surface area contributed by atoms with E-state index >= 15 is 0 Å². The summed E-state index contributed by atoms with van der Waals surface area (Å²) in [6, 6.07) is 11.0. The first-order valence-corrected chi connectivity index (χ1v) is 7.58. The smallest absolute Gasteiger partial charge is 0.270 e. The van der Waals surface area contributed by atoms with Crippen molar-refractivity contribution in [3.63, 3.8) is 0 Å². The molecule has 1 atom stereocenters. The van der Waals surface area contributed by atoms with Crippen LogP contribution >= 0.6 is 11.6 Å². The Morgan fingerprint density at radius 3 is 2.54 bits per heavy atom. The Hall–Kier alpha value is -2.60. The standard InChI is InChI=1S/C17H17ClN2O4/c1-11(13-6-4-5-7-16(13)24-3)19(2)17(21)14-9-8-12(20(22)23)10-15(14)18/h4-11H,1-3H3/t11-/m1/s1. The number of ether oxygens (including phenoxy) is 1. The molecule has 0 saturated heterocycles. The maximum absolute atomic E-state index is 12.7. The number of amides is 1. The Morgan fingerprint density at radius 2 is 1.96 bits per heavy atom. The monoisotopic (exact) mass is 348 g/mol. The third-order valence-corrected chi connectivity index (χ3v) is 4.20. The summed E-state index contributed by atoms with van der Waals surface area (Å²) >= 11 is 6.05. The van der Waals surface area contributed by atoms with Gasteiger partial charge in [-0.25, -0.2) is 0 Å². The number of benzene rings is 2. The van der Waals surface area contributed by atoms with E-state index in [2.05, 4.69) is 0 Å². The van der Waals surface area contributed by atoms with Crippen LogP contribution in [0.15, 0.2) is 42.5 Å². The molecule has 7 heteroatoms. The van der Waals surface area contributed by atoms with Crippen LogP contribution in [-0.4, -0.2) is 29.9 Å². The second-order valence-electron chi connectivity index (χ2n) is 5.26. The van der Waals surface area contributed by atoms with Crippen molar-refractivity contribution in [1.82, 2.24) is 4.90 Å². The van der Waals surface area contributed by atoms with Crippen molar-refractivity contribution in [1.29, 1.82) is 0 Å². The van der Waals surface area contributed by atoms with Crippen molar-refractivity contribution in [2.24, 2.45) is 0 Å². The lowest BCUT2D eigenvalue weighted by atomic mass is 10.0. The Bertz CT molecular complexity index is 779. The number of nitro groups is 1. The summed E-state index contributed by atoms with van der Waals surface area (Å²) in [6.45, 7) is 1.87. The van der Waals surface area contributed by atoms with Crippen molar-refractivity contribution in [3.8, 4) is 5.75 Å².